The molecule has 2 heterocycles. The number of hydrogen-bond donors (Lipinski definition) is 2. The molecule has 1 aromatic heterocycles. The summed E-state index contributed by atoms with van der Waals surface area (Å²) in [5, 5.41) is 2.90. The summed E-state index contributed by atoms with van der Waals surface area (Å²) in [5.74, 6) is 0.940. The summed E-state index contributed by atoms with van der Waals surface area (Å²) in [6.07, 6.45) is 0. The Morgan fingerprint density at radius 2 is 2.06 bits per heavy atom. The molecule has 3 rings (SSSR count). The first kappa shape index (κ1) is 9.39. The normalized spacial score (nSPS) is 17.6. The first-order chi connectivity index (χ1) is 7.48. The number of aromatic nitrogens is 2. The quantitative estimate of drug-likeness (QED) is 0.707. The first-order valence-electron chi connectivity index (χ1n) is 5.31. The van der Waals surface area contributed by atoms with Crippen LogP contribution in [0.3, 0.4) is 0 Å². The summed E-state index contributed by atoms with van der Waals surface area (Å²) in [6, 6.07) is 3.95. The van der Waals surface area contributed by atoms with Gasteiger partial charge in [0.15, 0.2) is 0 Å². The van der Waals surface area contributed by atoms with Crippen molar-refractivity contribution in [2.75, 3.05) is 5.32 Å². The molecule has 2 aromatic rings. The van der Waals surface area contributed by atoms with Crippen molar-refractivity contribution in [1.82, 2.24) is 9.97 Å². The van der Waals surface area contributed by atoms with Crippen LogP contribution in [-0.2, 0) is 10.2 Å². The van der Waals surface area contributed by atoms with E-state index in [1.165, 1.54) is 0 Å². The molecule has 1 amide bonds. The molecule has 4 nitrogen and oxygen atoms in total. The van der Waals surface area contributed by atoms with Gasteiger partial charge in [0, 0.05) is 5.69 Å². The Morgan fingerprint density at radius 1 is 1.31 bits per heavy atom. The fraction of sp³-hybridized carbons (Fsp3) is 0.333. The van der Waals surface area contributed by atoms with Gasteiger partial charge in [-0.15, -0.1) is 0 Å². The zero-order chi connectivity index (χ0) is 11.5. The van der Waals surface area contributed by atoms with E-state index in [0.29, 0.717) is 0 Å². The van der Waals surface area contributed by atoms with Crippen LogP contribution in [0.25, 0.3) is 11.0 Å². The lowest BCUT2D eigenvalue weighted by atomic mass is 9.86. The van der Waals surface area contributed by atoms with E-state index in [0.717, 1.165) is 28.1 Å². The molecule has 0 aliphatic carbocycles. The number of anilines is 1. The van der Waals surface area contributed by atoms with Gasteiger partial charge < -0.3 is 10.3 Å². The summed E-state index contributed by atoms with van der Waals surface area (Å²) >= 11 is 0. The maximum atomic E-state index is 11.8. The fourth-order valence-electron chi connectivity index (χ4n) is 2.21. The van der Waals surface area contributed by atoms with E-state index in [1.807, 2.05) is 32.9 Å². The van der Waals surface area contributed by atoms with Gasteiger partial charge in [0.2, 0.25) is 5.91 Å². The third-order valence-corrected chi connectivity index (χ3v) is 3.23. The molecule has 0 bridgehead atoms. The van der Waals surface area contributed by atoms with E-state index in [9.17, 15) is 4.79 Å². The molecule has 4 heteroatoms. The van der Waals surface area contributed by atoms with Crippen LogP contribution in [0.15, 0.2) is 12.1 Å². The first-order valence-corrected chi connectivity index (χ1v) is 5.31. The smallest absolute Gasteiger partial charge is 0.234 e. The highest BCUT2D eigenvalue weighted by atomic mass is 16.2. The number of benzene rings is 1. The van der Waals surface area contributed by atoms with Crippen LogP contribution in [0.1, 0.15) is 25.2 Å². The molecule has 1 aliphatic rings. The molecule has 1 aliphatic heterocycles. The van der Waals surface area contributed by atoms with E-state index < -0.39 is 5.41 Å². The molecule has 0 unspecified atom stereocenters. The summed E-state index contributed by atoms with van der Waals surface area (Å²) < 4.78 is 0. The predicted octanol–water partition coefficient (Wildman–Crippen LogP) is 2.10. The Labute approximate surface area is 93.1 Å². The largest absolute Gasteiger partial charge is 0.342 e. The van der Waals surface area contributed by atoms with Gasteiger partial charge in [0.05, 0.1) is 16.4 Å². The average molecular weight is 215 g/mol. The molecule has 0 saturated heterocycles. The van der Waals surface area contributed by atoms with Crippen LogP contribution >= 0.6 is 0 Å². The molecular weight excluding hydrogens is 202 g/mol. The number of H-pyrrole nitrogens is 1. The van der Waals surface area contributed by atoms with Gasteiger partial charge in [-0.05, 0) is 38.5 Å². The second-order valence-corrected chi connectivity index (χ2v) is 4.82. The van der Waals surface area contributed by atoms with Crippen molar-refractivity contribution in [3.63, 3.8) is 0 Å². The minimum atomic E-state index is -0.462. The molecule has 16 heavy (non-hydrogen) atoms. The molecule has 0 radical (unpaired) electrons. The lowest BCUT2D eigenvalue weighted by molar-refractivity contribution is -0.119. The van der Waals surface area contributed by atoms with Gasteiger partial charge in [-0.25, -0.2) is 4.98 Å². The van der Waals surface area contributed by atoms with Crippen molar-refractivity contribution in [2.45, 2.75) is 26.2 Å². The number of nitrogens with zero attached hydrogens (tertiary/aromatic N) is 1. The van der Waals surface area contributed by atoms with Crippen LogP contribution in [0.2, 0.25) is 0 Å². The number of nitrogens with one attached hydrogen (secondary N) is 2. The number of hydrogen-bond acceptors (Lipinski definition) is 2. The Kier molecular flexibility index (Phi) is 1.55. The minimum Gasteiger partial charge on any atom is -0.342 e. The molecule has 2 N–H and O–H groups in total. The van der Waals surface area contributed by atoms with Crippen LogP contribution in [0.4, 0.5) is 5.69 Å². The van der Waals surface area contributed by atoms with Crippen LogP contribution in [0, 0.1) is 6.92 Å². The number of imidazole rings is 1. The highest BCUT2D eigenvalue weighted by molar-refractivity contribution is 6.07. The van der Waals surface area contributed by atoms with Crippen LogP contribution in [-0.4, -0.2) is 15.9 Å². The zero-order valence-corrected chi connectivity index (χ0v) is 9.51. The molecule has 1 aromatic carbocycles. The number of rotatable bonds is 0. The maximum Gasteiger partial charge on any atom is 0.234 e. The number of carbonyl (C=O) groups is 1. The highest BCUT2D eigenvalue weighted by Crippen LogP contribution is 2.39. The number of carbonyl (C=O) groups excluding carboxylic acids is 1. The summed E-state index contributed by atoms with van der Waals surface area (Å²) in [5.41, 5.74) is 3.34. The third kappa shape index (κ3) is 1.04. The standard InChI is InChI=1S/C12H13N3O/c1-6-13-9-4-7-8(5-10(9)14-6)15-11(16)12(7,2)3/h4-5H,1-3H3,(H,13,14)(H,15,16). The van der Waals surface area contributed by atoms with Gasteiger partial charge >= 0.3 is 0 Å². The van der Waals surface area contributed by atoms with Crippen molar-refractivity contribution in [3.05, 3.63) is 23.5 Å². The second kappa shape index (κ2) is 2.64. The van der Waals surface area contributed by atoms with Gasteiger partial charge in [-0.3, -0.25) is 4.79 Å². The maximum absolute atomic E-state index is 11.8. The third-order valence-electron chi connectivity index (χ3n) is 3.23. The Balaban J connectivity index is 2.33. The van der Waals surface area contributed by atoms with Gasteiger partial charge in [-0.1, -0.05) is 0 Å². The van der Waals surface area contributed by atoms with Crippen molar-refractivity contribution in [1.29, 1.82) is 0 Å². The van der Waals surface area contributed by atoms with E-state index in [1.54, 1.807) is 0 Å². The molecule has 0 fully saturated rings. The van der Waals surface area contributed by atoms with Crippen LogP contribution in [0.5, 0.6) is 0 Å². The Morgan fingerprint density at radius 3 is 2.81 bits per heavy atom. The highest BCUT2D eigenvalue weighted by Gasteiger charge is 2.38. The number of fused-ring (bicyclic) bond motifs is 2. The van der Waals surface area contributed by atoms with Crippen molar-refractivity contribution >= 4 is 22.6 Å². The number of amides is 1. The molecule has 82 valence electrons. The summed E-state index contributed by atoms with van der Waals surface area (Å²) in [7, 11) is 0. The Hall–Kier alpha value is -1.84. The van der Waals surface area contributed by atoms with Gasteiger partial charge in [-0.2, -0.15) is 0 Å². The molecule has 0 saturated carbocycles. The predicted molar refractivity (Wildman–Crippen MR) is 62.5 cm³/mol. The van der Waals surface area contributed by atoms with Crippen molar-refractivity contribution < 1.29 is 4.79 Å². The Bertz CT molecular complexity index is 610. The molecule has 0 spiro atoms. The monoisotopic (exact) mass is 215 g/mol. The van der Waals surface area contributed by atoms with Crippen molar-refractivity contribution in [3.8, 4) is 0 Å². The SMILES string of the molecule is Cc1nc2cc3c(cc2[nH]1)NC(=O)C3(C)C. The lowest BCUT2D eigenvalue weighted by Crippen LogP contribution is -2.26. The van der Waals surface area contributed by atoms with Crippen molar-refractivity contribution in [2.24, 2.45) is 0 Å². The van der Waals surface area contributed by atoms with Gasteiger partial charge in [0.1, 0.15) is 5.82 Å². The average Bonchev–Trinajstić information content (AvgIpc) is 2.63. The molecule has 0 atom stereocenters. The van der Waals surface area contributed by atoms with E-state index >= 15 is 0 Å². The summed E-state index contributed by atoms with van der Waals surface area (Å²) in [6.45, 7) is 5.79. The second-order valence-electron chi connectivity index (χ2n) is 4.82. The minimum absolute atomic E-state index is 0.0480. The fourth-order valence-corrected chi connectivity index (χ4v) is 2.21. The van der Waals surface area contributed by atoms with Crippen LogP contribution < -0.4 is 5.32 Å². The van der Waals surface area contributed by atoms with E-state index in [4.69, 9.17) is 0 Å². The number of aromatic amines is 1. The van der Waals surface area contributed by atoms with E-state index in [2.05, 4.69) is 15.3 Å². The summed E-state index contributed by atoms with van der Waals surface area (Å²) in [4.78, 5) is 19.3. The topological polar surface area (TPSA) is 57.8 Å². The zero-order valence-electron chi connectivity index (χ0n) is 9.51. The van der Waals surface area contributed by atoms with E-state index in [-0.39, 0.29) is 5.91 Å². The number of aryl methyl sites for hydroxylation is 1. The van der Waals surface area contributed by atoms with Gasteiger partial charge in [0.25, 0.3) is 0 Å². The molecular formula is C12H13N3O. The lowest BCUT2D eigenvalue weighted by Gasteiger charge is -2.14.